The van der Waals surface area contributed by atoms with Crippen molar-refractivity contribution in [2.45, 2.75) is 24.7 Å². The van der Waals surface area contributed by atoms with Crippen LogP contribution in [0.3, 0.4) is 0 Å². The SMILES string of the molecule is O[C@H]1C[C@@H](n2cnc3c(Cl)ncnc32)[C@@H]2ON=C(c3ccccc3)[C@@H]21. The van der Waals surface area contributed by atoms with Crippen LogP contribution in [0.4, 0.5) is 0 Å². The largest absolute Gasteiger partial charge is 0.392 e. The highest BCUT2D eigenvalue weighted by atomic mass is 35.5. The molecule has 1 aromatic carbocycles. The summed E-state index contributed by atoms with van der Waals surface area (Å²) in [6.45, 7) is 0. The molecule has 2 aromatic heterocycles. The fourth-order valence-electron chi connectivity index (χ4n) is 3.83. The summed E-state index contributed by atoms with van der Waals surface area (Å²) in [5.74, 6) is -0.179. The zero-order chi connectivity index (χ0) is 17.0. The summed E-state index contributed by atoms with van der Waals surface area (Å²) < 4.78 is 1.90. The van der Waals surface area contributed by atoms with Crippen LogP contribution < -0.4 is 0 Å². The highest BCUT2D eigenvalue weighted by molar-refractivity contribution is 6.33. The topological polar surface area (TPSA) is 85.4 Å². The lowest BCUT2D eigenvalue weighted by Crippen LogP contribution is -2.29. The zero-order valence-corrected chi connectivity index (χ0v) is 13.8. The van der Waals surface area contributed by atoms with Crippen LogP contribution in [0, 0.1) is 5.92 Å². The average Bonchev–Trinajstić information content (AvgIpc) is 3.32. The molecule has 7 nitrogen and oxygen atoms in total. The van der Waals surface area contributed by atoms with Gasteiger partial charge in [0, 0.05) is 0 Å². The van der Waals surface area contributed by atoms with Gasteiger partial charge in [-0.3, -0.25) is 0 Å². The van der Waals surface area contributed by atoms with Gasteiger partial charge in [0.2, 0.25) is 0 Å². The Balaban J connectivity index is 1.53. The maximum Gasteiger partial charge on any atom is 0.165 e. The van der Waals surface area contributed by atoms with Crippen molar-refractivity contribution >= 4 is 28.5 Å². The highest BCUT2D eigenvalue weighted by Gasteiger charge is 2.52. The van der Waals surface area contributed by atoms with Crippen LogP contribution in [0.15, 0.2) is 48.1 Å². The first-order valence-corrected chi connectivity index (χ1v) is 8.42. The van der Waals surface area contributed by atoms with Crippen molar-refractivity contribution in [1.82, 2.24) is 19.5 Å². The molecule has 0 saturated heterocycles. The van der Waals surface area contributed by atoms with E-state index >= 15 is 0 Å². The van der Waals surface area contributed by atoms with Crippen LogP contribution in [-0.2, 0) is 4.84 Å². The molecule has 0 spiro atoms. The van der Waals surface area contributed by atoms with Crippen molar-refractivity contribution in [3.63, 3.8) is 0 Å². The Kier molecular flexibility index (Phi) is 3.26. The minimum absolute atomic E-state index is 0.124. The molecule has 5 rings (SSSR count). The van der Waals surface area contributed by atoms with Gasteiger partial charge in [-0.25, -0.2) is 15.0 Å². The summed E-state index contributed by atoms with van der Waals surface area (Å²) in [5, 5.41) is 15.2. The summed E-state index contributed by atoms with van der Waals surface area (Å²) in [4.78, 5) is 18.3. The summed E-state index contributed by atoms with van der Waals surface area (Å²) >= 11 is 6.09. The van der Waals surface area contributed by atoms with Gasteiger partial charge in [-0.2, -0.15) is 0 Å². The fraction of sp³-hybridized carbons (Fsp3) is 0.294. The van der Waals surface area contributed by atoms with E-state index in [2.05, 4.69) is 20.1 Å². The van der Waals surface area contributed by atoms with E-state index in [0.717, 1.165) is 11.3 Å². The normalized spacial score (nSPS) is 28.0. The Bertz CT molecular complexity index is 974. The molecular formula is C17H14ClN5O2. The number of hydrogen-bond donors (Lipinski definition) is 1. The molecule has 0 radical (unpaired) electrons. The Labute approximate surface area is 147 Å². The van der Waals surface area contributed by atoms with Gasteiger partial charge in [-0.05, 0) is 12.0 Å². The van der Waals surface area contributed by atoms with Crippen LogP contribution in [0.25, 0.3) is 11.2 Å². The second kappa shape index (κ2) is 5.50. The van der Waals surface area contributed by atoms with Gasteiger partial charge in [0.05, 0.1) is 30.1 Å². The molecule has 0 unspecified atom stereocenters. The Morgan fingerprint density at radius 3 is 2.84 bits per heavy atom. The van der Waals surface area contributed by atoms with Crippen molar-refractivity contribution in [3.8, 4) is 0 Å². The first kappa shape index (κ1) is 14.8. The van der Waals surface area contributed by atoms with Crippen molar-refractivity contribution in [2.24, 2.45) is 11.1 Å². The van der Waals surface area contributed by atoms with E-state index in [-0.39, 0.29) is 18.1 Å². The Morgan fingerprint density at radius 1 is 1.16 bits per heavy atom. The van der Waals surface area contributed by atoms with Crippen LogP contribution in [0.5, 0.6) is 0 Å². The van der Waals surface area contributed by atoms with E-state index < -0.39 is 6.10 Å². The quantitative estimate of drug-likeness (QED) is 0.712. The zero-order valence-electron chi connectivity index (χ0n) is 13.0. The van der Waals surface area contributed by atoms with E-state index in [1.54, 1.807) is 6.33 Å². The third-order valence-electron chi connectivity index (χ3n) is 4.96. The molecule has 25 heavy (non-hydrogen) atoms. The molecule has 0 amide bonds. The number of halogens is 1. The minimum atomic E-state index is -0.550. The maximum absolute atomic E-state index is 10.7. The number of hydrogen-bond acceptors (Lipinski definition) is 6. The number of oxime groups is 1. The number of aromatic nitrogens is 4. The van der Waals surface area contributed by atoms with Gasteiger partial charge in [0.15, 0.2) is 16.9 Å². The van der Waals surface area contributed by atoms with Crippen molar-refractivity contribution < 1.29 is 9.94 Å². The highest BCUT2D eigenvalue weighted by Crippen LogP contribution is 2.43. The fourth-order valence-corrected chi connectivity index (χ4v) is 4.01. The average molecular weight is 356 g/mol. The first-order chi connectivity index (χ1) is 12.2. The van der Waals surface area contributed by atoms with Crippen LogP contribution in [0.2, 0.25) is 5.15 Å². The molecule has 126 valence electrons. The van der Waals surface area contributed by atoms with E-state index in [1.165, 1.54) is 6.33 Å². The van der Waals surface area contributed by atoms with E-state index in [4.69, 9.17) is 16.4 Å². The number of aliphatic hydroxyl groups is 1. The van der Waals surface area contributed by atoms with Gasteiger partial charge in [-0.15, -0.1) is 0 Å². The van der Waals surface area contributed by atoms with Crippen molar-refractivity contribution in [3.05, 3.63) is 53.7 Å². The smallest absolute Gasteiger partial charge is 0.165 e. The van der Waals surface area contributed by atoms with Crippen molar-refractivity contribution in [1.29, 1.82) is 0 Å². The molecule has 2 aliphatic rings. The summed E-state index contributed by atoms with van der Waals surface area (Å²) in [6.07, 6.45) is 2.80. The van der Waals surface area contributed by atoms with Gasteiger partial charge >= 0.3 is 0 Å². The standard InChI is InChI=1S/C17H14ClN5O2/c18-16-14-17(20-7-19-16)23(8-21-14)10-6-11(24)12-13(22-25-15(10)12)9-4-2-1-3-5-9/h1-5,7-8,10-12,15,24H,6H2/t10-,11+,12+,15+/m1/s1. The molecule has 1 aliphatic carbocycles. The molecular weight excluding hydrogens is 342 g/mol. The minimum Gasteiger partial charge on any atom is -0.392 e. The van der Waals surface area contributed by atoms with Crippen LogP contribution >= 0.6 is 11.6 Å². The third kappa shape index (κ3) is 2.16. The lowest BCUT2D eigenvalue weighted by atomic mass is 9.92. The number of aliphatic hydroxyl groups excluding tert-OH is 1. The summed E-state index contributed by atoms with van der Waals surface area (Å²) in [6, 6.07) is 9.68. The van der Waals surface area contributed by atoms with Gasteiger partial charge in [0.25, 0.3) is 0 Å². The number of imidazole rings is 1. The van der Waals surface area contributed by atoms with Gasteiger partial charge in [0.1, 0.15) is 11.8 Å². The molecule has 3 heterocycles. The molecule has 1 saturated carbocycles. The van der Waals surface area contributed by atoms with Gasteiger partial charge in [-0.1, -0.05) is 47.1 Å². The Morgan fingerprint density at radius 2 is 2.00 bits per heavy atom. The molecule has 3 aromatic rings. The van der Waals surface area contributed by atoms with Crippen LogP contribution in [-0.4, -0.2) is 42.5 Å². The van der Waals surface area contributed by atoms with Crippen LogP contribution in [0.1, 0.15) is 18.0 Å². The maximum atomic E-state index is 10.7. The van der Waals surface area contributed by atoms with Crippen molar-refractivity contribution in [2.75, 3.05) is 0 Å². The lowest BCUT2D eigenvalue weighted by Gasteiger charge is -2.18. The first-order valence-electron chi connectivity index (χ1n) is 8.04. The van der Waals surface area contributed by atoms with E-state index in [9.17, 15) is 5.11 Å². The summed E-state index contributed by atoms with van der Waals surface area (Å²) in [7, 11) is 0. The number of nitrogens with zero attached hydrogens (tertiary/aromatic N) is 5. The number of rotatable bonds is 2. The van der Waals surface area contributed by atoms with E-state index in [1.807, 2.05) is 34.9 Å². The molecule has 4 atom stereocenters. The molecule has 1 fully saturated rings. The monoisotopic (exact) mass is 355 g/mol. The molecule has 1 aliphatic heterocycles. The lowest BCUT2D eigenvalue weighted by molar-refractivity contribution is 0.0380. The molecule has 8 heteroatoms. The summed E-state index contributed by atoms with van der Waals surface area (Å²) in [5.41, 5.74) is 2.94. The molecule has 0 bridgehead atoms. The second-order valence-corrected chi connectivity index (χ2v) is 6.66. The number of benzene rings is 1. The predicted molar refractivity (Wildman–Crippen MR) is 91.3 cm³/mol. The second-order valence-electron chi connectivity index (χ2n) is 6.30. The number of fused-ring (bicyclic) bond motifs is 2. The van der Waals surface area contributed by atoms with Gasteiger partial charge < -0.3 is 14.5 Å². The third-order valence-corrected chi connectivity index (χ3v) is 5.24. The Hall–Kier alpha value is -2.51. The van der Waals surface area contributed by atoms with E-state index in [0.29, 0.717) is 22.7 Å². The predicted octanol–water partition coefficient (Wildman–Crippen LogP) is 2.20. The molecule has 1 N–H and O–H groups in total.